The van der Waals surface area contributed by atoms with Crippen LogP contribution in [0.4, 0.5) is 0 Å². The molecule has 1 amide bonds. The molecule has 0 saturated heterocycles. The Hall–Kier alpha value is -2.48. The van der Waals surface area contributed by atoms with Crippen molar-refractivity contribution in [2.24, 2.45) is 0 Å². The minimum absolute atomic E-state index is 0.0350. The zero-order chi connectivity index (χ0) is 20.0. The van der Waals surface area contributed by atoms with E-state index in [4.69, 9.17) is 19.3 Å². The Balaban J connectivity index is 1.91. The lowest BCUT2D eigenvalue weighted by Crippen LogP contribution is -2.55. The van der Waals surface area contributed by atoms with Gasteiger partial charge in [-0.15, -0.1) is 0 Å². The van der Waals surface area contributed by atoms with Crippen molar-refractivity contribution in [2.75, 3.05) is 34.4 Å². The molecule has 27 heavy (non-hydrogen) atoms. The Morgan fingerprint density at radius 1 is 1.15 bits per heavy atom. The Bertz CT molecular complexity index is 647. The summed E-state index contributed by atoms with van der Waals surface area (Å²) in [5.74, 6) is 0.594. The van der Waals surface area contributed by atoms with Crippen molar-refractivity contribution in [3.63, 3.8) is 0 Å². The van der Waals surface area contributed by atoms with E-state index in [1.165, 1.54) is 21.3 Å². The van der Waals surface area contributed by atoms with Gasteiger partial charge in [0, 0.05) is 12.1 Å². The molecule has 8 nitrogen and oxygen atoms in total. The number of amides is 1. The highest BCUT2D eigenvalue weighted by Gasteiger charge is 2.34. The number of methoxy groups -OCH3 is 3. The Labute approximate surface area is 159 Å². The van der Waals surface area contributed by atoms with Gasteiger partial charge in [-0.1, -0.05) is 6.92 Å². The van der Waals surface area contributed by atoms with Gasteiger partial charge in [-0.2, -0.15) is 0 Å². The number of benzene rings is 1. The smallest absolute Gasteiger partial charge is 0.317 e. The Kier molecular flexibility index (Phi) is 7.29. The predicted octanol–water partition coefficient (Wildman–Crippen LogP) is 1.31. The third-order valence-electron chi connectivity index (χ3n) is 4.83. The molecule has 1 aliphatic rings. The number of carboxylic acids is 1. The molecular weight excluding hydrogens is 352 g/mol. The fraction of sp³-hybridized carbons (Fsp3) is 0.579. The molecule has 1 saturated carbocycles. The first-order chi connectivity index (χ1) is 12.9. The van der Waals surface area contributed by atoms with Crippen molar-refractivity contribution in [3.8, 4) is 17.2 Å². The summed E-state index contributed by atoms with van der Waals surface area (Å²) in [6.07, 6.45) is 1.73. The molecule has 0 spiro atoms. The molecule has 0 bridgehead atoms. The summed E-state index contributed by atoms with van der Waals surface area (Å²) in [6.45, 7) is 2.66. The first kappa shape index (κ1) is 20.8. The minimum atomic E-state index is -0.827. The van der Waals surface area contributed by atoms with Crippen LogP contribution in [0.3, 0.4) is 0 Å². The molecule has 2 rings (SSSR count). The van der Waals surface area contributed by atoms with E-state index in [2.05, 4.69) is 5.32 Å². The number of carbonyl (C=O) groups is 2. The first-order valence-electron chi connectivity index (χ1n) is 8.95. The number of hydrogen-bond donors (Lipinski definition) is 2. The van der Waals surface area contributed by atoms with Gasteiger partial charge in [-0.3, -0.25) is 14.5 Å². The molecule has 8 heteroatoms. The second-order valence-corrected chi connectivity index (χ2v) is 6.56. The summed E-state index contributed by atoms with van der Waals surface area (Å²) in [5.41, 5.74) is 0.763. The number of carboxylic acid groups (broad SMARTS) is 1. The van der Waals surface area contributed by atoms with E-state index in [1.807, 2.05) is 11.8 Å². The van der Waals surface area contributed by atoms with Crippen LogP contribution in [0.25, 0.3) is 0 Å². The van der Waals surface area contributed by atoms with Crippen molar-refractivity contribution in [3.05, 3.63) is 17.7 Å². The number of rotatable bonds is 10. The number of carbonyl (C=O) groups excluding carboxylic acids is 1. The largest absolute Gasteiger partial charge is 0.493 e. The number of likely N-dealkylation sites (N-methyl/N-ethyl adjacent to an activating group) is 1. The predicted molar refractivity (Wildman–Crippen MR) is 99.6 cm³/mol. The molecule has 1 aliphatic carbocycles. The fourth-order valence-electron chi connectivity index (χ4n) is 3.38. The van der Waals surface area contributed by atoms with Gasteiger partial charge in [0.05, 0.1) is 34.3 Å². The number of hydrogen-bond acceptors (Lipinski definition) is 6. The van der Waals surface area contributed by atoms with E-state index < -0.39 is 5.97 Å². The average molecular weight is 380 g/mol. The average Bonchev–Trinajstić information content (AvgIpc) is 2.61. The van der Waals surface area contributed by atoms with E-state index in [9.17, 15) is 9.59 Å². The summed E-state index contributed by atoms with van der Waals surface area (Å²) in [5, 5.41) is 11.9. The fourth-order valence-corrected chi connectivity index (χ4v) is 3.38. The van der Waals surface area contributed by atoms with Gasteiger partial charge in [-0.25, -0.2) is 0 Å². The molecule has 1 fully saturated rings. The molecular formula is C19H28N2O6. The first-order valence-corrected chi connectivity index (χ1v) is 8.95. The molecule has 2 N–H and O–H groups in total. The maximum atomic E-state index is 12.4. The van der Waals surface area contributed by atoms with Crippen LogP contribution in [0, 0.1) is 0 Å². The molecule has 0 atom stereocenters. The van der Waals surface area contributed by atoms with Crippen LogP contribution < -0.4 is 19.5 Å². The van der Waals surface area contributed by atoms with E-state index in [1.54, 1.807) is 12.1 Å². The van der Waals surface area contributed by atoms with Crippen LogP contribution in [0.5, 0.6) is 17.2 Å². The van der Waals surface area contributed by atoms with E-state index in [0.29, 0.717) is 23.8 Å². The van der Waals surface area contributed by atoms with Gasteiger partial charge in [0.2, 0.25) is 11.7 Å². The van der Waals surface area contributed by atoms with Crippen LogP contribution in [-0.2, 0) is 16.0 Å². The van der Waals surface area contributed by atoms with Gasteiger partial charge < -0.3 is 24.6 Å². The van der Waals surface area contributed by atoms with Gasteiger partial charge in [0.15, 0.2) is 11.5 Å². The lowest BCUT2D eigenvalue weighted by atomic mass is 9.85. The monoisotopic (exact) mass is 380 g/mol. The molecule has 1 aromatic carbocycles. The van der Waals surface area contributed by atoms with Crippen LogP contribution in [0.2, 0.25) is 0 Å². The summed E-state index contributed by atoms with van der Waals surface area (Å²) < 4.78 is 15.9. The third kappa shape index (κ3) is 5.26. The summed E-state index contributed by atoms with van der Waals surface area (Å²) in [6, 6.07) is 3.80. The minimum Gasteiger partial charge on any atom is -0.493 e. The summed E-state index contributed by atoms with van der Waals surface area (Å²) >= 11 is 0. The second-order valence-electron chi connectivity index (χ2n) is 6.56. The Morgan fingerprint density at radius 2 is 1.74 bits per heavy atom. The zero-order valence-corrected chi connectivity index (χ0v) is 16.3. The lowest BCUT2D eigenvalue weighted by Gasteiger charge is -2.42. The highest BCUT2D eigenvalue weighted by molar-refractivity contribution is 5.79. The number of nitrogens with one attached hydrogen (secondary N) is 1. The Morgan fingerprint density at radius 3 is 2.19 bits per heavy atom. The number of nitrogens with zero attached hydrogens (tertiary/aromatic N) is 1. The van der Waals surface area contributed by atoms with Gasteiger partial charge in [0.25, 0.3) is 0 Å². The van der Waals surface area contributed by atoms with Crippen molar-refractivity contribution in [1.29, 1.82) is 0 Å². The van der Waals surface area contributed by atoms with Crippen LogP contribution in [0.1, 0.15) is 25.3 Å². The molecule has 0 aliphatic heterocycles. The van der Waals surface area contributed by atoms with Crippen LogP contribution in [0.15, 0.2) is 12.1 Å². The number of aliphatic carboxylic acids is 1. The molecule has 0 aromatic heterocycles. The number of ether oxygens (including phenoxy) is 3. The molecule has 1 aromatic rings. The van der Waals surface area contributed by atoms with E-state index in [0.717, 1.165) is 18.4 Å². The zero-order valence-electron chi connectivity index (χ0n) is 16.3. The normalized spacial score (nSPS) is 18.6. The van der Waals surface area contributed by atoms with Crippen molar-refractivity contribution < 1.29 is 28.9 Å². The van der Waals surface area contributed by atoms with Crippen molar-refractivity contribution in [1.82, 2.24) is 10.2 Å². The maximum absolute atomic E-state index is 12.4. The quantitative estimate of drug-likeness (QED) is 0.632. The molecule has 0 radical (unpaired) electrons. The highest BCUT2D eigenvalue weighted by atomic mass is 16.5. The highest BCUT2D eigenvalue weighted by Crippen LogP contribution is 2.38. The van der Waals surface area contributed by atoms with Gasteiger partial charge in [0.1, 0.15) is 0 Å². The van der Waals surface area contributed by atoms with E-state index in [-0.39, 0.29) is 31.0 Å². The molecule has 150 valence electrons. The topological polar surface area (TPSA) is 97.3 Å². The lowest BCUT2D eigenvalue weighted by molar-refractivity contribution is -0.139. The molecule has 0 unspecified atom stereocenters. The second kappa shape index (κ2) is 9.45. The third-order valence-corrected chi connectivity index (χ3v) is 4.83. The maximum Gasteiger partial charge on any atom is 0.317 e. The molecule has 0 heterocycles. The standard InChI is InChI=1S/C19H28N2O6/c1-5-21(11-18(23)24)14-9-13(10-14)20-17(22)8-12-6-15(25-2)19(27-4)16(7-12)26-3/h6-7,13-14H,5,8-11H2,1-4H3,(H,20,22)(H,23,24). The van der Waals surface area contributed by atoms with Gasteiger partial charge in [-0.05, 0) is 37.1 Å². The summed E-state index contributed by atoms with van der Waals surface area (Å²) in [7, 11) is 4.60. The van der Waals surface area contributed by atoms with Crippen molar-refractivity contribution in [2.45, 2.75) is 38.3 Å². The van der Waals surface area contributed by atoms with Crippen molar-refractivity contribution >= 4 is 11.9 Å². The SMILES string of the molecule is CCN(CC(=O)O)C1CC(NC(=O)Cc2cc(OC)c(OC)c(OC)c2)C1. The summed E-state index contributed by atoms with van der Waals surface area (Å²) in [4.78, 5) is 25.2. The van der Waals surface area contributed by atoms with E-state index >= 15 is 0 Å². The van der Waals surface area contributed by atoms with Crippen LogP contribution in [-0.4, -0.2) is 68.4 Å². The van der Waals surface area contributed by atoms with Gasteiger partial charge >= 0.3 is 5.97 Å². The van der Waals surface area contributed by atoms with Crippen LogP contribution >= 0.6 is 0 Å².